The van der Waals surface area contributed by atoms with Crippen LogP contribution in [0.15, 0.2) is 47.8 Å². The molecular weight excluding hydrogens is 351 g/mol. The van der Waals surface area contributed by atoms with Gasteiger partial charge in [-0.25, -0.2) is 4.39 Å². The second-order valence-corrected chi connectivity index (χ2v) is 6.50. The molecule has 0 aliphatic carbocycles. The van der Waals surface area contributed by atoms with E-state index in [9.17, 15) is 4.39 Å². The first kappa shape index (κ1) is 18.2. The molecule has 0 saturated carbocycles. The Morgan fingerprint density at radius 1 is 1.23 bits per heavy atom. The molecule has 8 heteroatoms. The maximum atomic E-state index is 14.3. The van der Waals surface area contributed by atoms with Crippen LogP contribution in [0.5, 0.6) is 0 Å². The predicted octanol–water partition coefficient (Wildman–Crippen LogP) is 1.71. The Hall–Kier alpha value is -2.58. The molecule has 136 valence electrons. The molecule has 0 atom stereocenters. The molecule has 1 aromatic carbocycles. The Morgan fingerprint density at radius 3 is 2.62 bits per heavy atom. The van der Waals surface area contributed by atoms with Gasteiger partial charge >= 0.3 is 0 Å². The minimum absolute atomic E-state index is 0.0444. The molecule has 0 amide bonds. The molecule has 1 aliphatic heterocycles. The average molecular weight is 372 g/mol. The van der Waals surface area contributed by atoms with Gasteiger partial charge in [0.05, 0.1) is 6.21 Å². The van der Waals surface area contributed by atoms with Crippen molar-refractivity contribution in [1.82, 2.24) is 15.3 Å². The van der Waals surface area contributed by atoms with E-state index in [1.54, 1.807) is 12.1 Å². The Labute approximate surface area is 157 Å². The summed E-state index contributed by atoms with van der Waals surface area (Å²) in [7, 11) is 0. The molecule has 1 saturated heterocycles. The van der Waals surface area contributed by atoms with Crippen LogP contribution in [-0.4, -0.2) is 47.4 Å². The lowest BCUT2D eigenvalue weighted by Crippen LogP contribution is -2.46. The van der Waals surface area contributed by atoms with E-state index >= 15 is 0 Å². The number of nitrogens with zero attached hydrogens (tertiary/aromatic N) is 4. The molecule has 26 heavy (non-hydrogen) atoms. The monoisotopic (exact) mass is 372 g/mol. The highest BCUT2D eigenvalue weighted by molar-refractivity contribution is 7.80. The zero-order chi connectivity index (χ0) is 18.4. The van der Waals surface area contributed by atoms with Crippen molar-refractivity contribution in [2.24, 2.45) is 10.8 Å². The topological polar surface area (TPSA) is 69.8 Å². The highest BCUT2D eigenvalue weighted by Gasteiger charge is 2.18. The number of halogens is 1. The van der Waals surface area contributed by atoms with Gasteiger partial charge in [0.15, 0.2) is 5.11 Å². The van der Waals surface area contributed by atoms with Crippen molar-refractivity contribution in [1.29, 1.82) is 0 Å². The van der Waals surface area contributed by atoms with Crippen molar-refractivity contribution < 1.29 is 4.39 Å². The summed E-state index contributed by atoms with van der Waals surface area (Å²) in [4.78, 5) is 8.63. The first-order chi connectivity index (χ1) is 12.6. The fourth-order valence-corrected chi connectivity index (χ4v) is 2.95. The van der Waals surface area contributed by atoms with E-state index in [0.29, 0.717) is 5.56 Å². The van der Waals surface area contributed by atoms with Crippen molar-refractivity contribution >= 4 is 29.2 Å². The van der Waals surface area contributed by atoms with Crippen molar-refractivity contribution in [3.8, 4) is 0 Å². The van der Waals surface area contributed by atoms with Gasteiger partial charge in [-0.1, -0.05) is 0 Å². The molecule has 1 aliphatic rings. The number of nitrogens with one attached hydrogen (secondary N) is 1. The number of nitrogens with two attached hydrogens (primary N) is 1. The molecule has 3 rings (SSSR count). The molecule has 6 nitrogen and oxygen atoms in total. The van der Waals surface area contributed by atoms with Crippen LogP contribution < -0.4 is 16.1 Å². The zero-order valence-electron chi connectivity index (χ0n) is 14.3. The number of hydrogen-bond donors (Lipinski definition) is 2. The molecule has 0 radical (unpaired) electrons. The highest BCUT2D eigenvalue weighted by Crippen LogP contribution is 2.20. The Bertz CT molecular complexity index is 775. The summed E-state index contributed by atoms with van der Waals surface area (Å²) in [6, 6.07) is 9.23. The Balaban J connectivity index is 1.56. The van der Waals surface area contributed by atoms with Crippen LogP contribution in [-0.2, 0) is 6.54 Å². The summed E-state index contributed by atoms with van der Waals surface area (Å²) < 4.78 is 14.3. The summed E-state index contributed by atoms with van der Waals surface area (Å²) in [5.41, 5.74) is 10.2. The first-order valence-corrected chi connectivity index (χ1v) is 8.77. The number of anilines is 1. The minimum atomic E-state index is -0.324. The fourth-order valence-electron chi connectivity index (χ4n) is 2.89. The van der Waals surface area contributed by atoms with Gasteiger partial charge in [0.2, 0.25) is 0 Å². The lowest BCUT2D eigenvalue weighted by atomic mass is 10.1. The normalized spacial score (nSPS) is 15.3. The van der Waals surface area contributed by atoms with Gasteiger partial charge in [0, 0.05) is 56.4 Å². The maximum absolute atomic E-state index is 14.3. The van der Waals surface area contributed by atoms with Gasteiger partial charge < -0.3 is 10.6 Å². The van der Waals surface area contributed by atoms with Crippen molar-refractivity contribution in [2.45, 2.75) is 6.54 Å². The van der Waals surface area contributed by atoms with Crippen molar-refractivity contribution in [2.75, 3.05) is 31.1 Å². The summed E-state index contributed by atoms with van der Waals surface area (Å²) in [5.74, 6) is -0.324. The molecule has 2 aromatic rings. The fraction of sp³-hybridized carbons (Fsp3) is 0.278. The molecule has 0 bridgehead atoms. The number of thiocarbonyl (C=S) groups is 1. The largest absolute Gasteiger partial charge is 0.375 e. The van der Waals surface area contributed by atoms with Crippen LogP contribution in [0.25, 0.3) is 0 Å². The second kappa shape index (κ2) is 8.68. The number of hydrazone groups is 1. The summed E-state index contributed by atoms with van der Waals surface area (Å²) in [6.45, 7) is 4.51. The quantitative estimate of drug-likeness (QED) is 0.473. The summed E-state index contributed by atoms with van der Waals surface area (Å²) in [5, 5.41) is 3.83. The Kier molecular flexibility index (Phi) is 6.08. The van der Waals surface area contributed by atoms with E-state index in [0.717, 1.165) is 38.4 Å². The molecule has 2 heterocycles. The third-order valence-electron chi connectivity index (χ3n) is 4.26. The SMILES string of the molecule is NC(=S)N/N=C/c1ccc(N2CCN(Cc3ccncc3)CC2)cc1F. The number of aromatic nitrogens is 1. The van der Waals surface area contributed by atoms with E-state index < -0.39 is 0 Å². The van der Waals surface area contributed by atoms with Gasteiger partial charge in [0.1, 0.15) is 5.82 Å². The lowest BCUT2D eigenvalue weighted by molar-refractivity contribution is 0.250. The second-order valence-electron chi connectivity index (χ2n) is 6.06. The van der Waals surface area contributed by atoms with Crippen LogP contribution in [0.3, 0.4) is 0 Å². The van der Waals surface area contributed by atoms with E-state index in [1.807, 2.05) is 30.6 Å². The molecular formula is C18H21FN6S. The summed E-state index contributed by atoms with van der Waals surface area (Å²) >= 11 is 4.65. The Morgan fingerprint density at radius 2 is 1.96 bits per heavy atom. The van der Waals surface area contributed by atoms with Crippen LogP contribution in [0.4, 0.5) is 10.1 Å². The molecule has 0 spiro atoms. The van der Waals surface area contributed by atoms with E-state index in [-0.39, 0.29) is 10.9 Å². The van der Waals surface area contributed by atoms with Crippen molar-refractivity contribution in [3.05, 3.63) is 59.7 Å². The van der Waals surface area contributed by atoms with Crippen LogP contribution in [0, 0.1) is 5.82 Å². The number of benzene rings is 1. The molecule has 0 unspecified atom stereocenters. The predicted molar refractivity (Wildman–Crippen MR) is 106 cm³/mol. The standard InChI is InChI=1S/C18H21FN6S/c19-17-11-16(2-1-15(17)12-22-23-18(20)26)25-9-7-24(8-10-25)13-14-3-5-21-6-4-14/h1-6,11-12H,7-10,13H2,(H3,20,23,26)/b22-12+. The highest BCUT2D eigenvalue weighted by atomic mass is 32.1. The van der Waals surface area contributed by atoms with E-state index in [2.05, 4.69) is 37.5 Å². The first-order valence-electron chi connectivity index (χ1n) is 8.36. The number of hydrogen-bond acceptors (Lipinski definition) is 5. The van der Waals surface area contributed by atoms with Gasteiger partial charge in [-0.2, -0.15) is 5.10 Å². The van der Waals surface area contributed by atoms with E-state index in [4.69, 9.17) is 5.73 Å². The molecule has 1 aromatic heterocycles. The summed E-state index contributed by atoms with van der Waals surface area (Å²) in [6.07, 6.45) is 5.00. The van der Waals surface area contributed by atoms with Crippen LogP contribution in [0.1, 0.15) is 11.1 Å². The maximum Gasteiger partial charge on any atom is 0.184 e. The molecule has 3 N–H and O–H groups in total. The lowest BCUT2D eigenvalue weighted by Gasteiger charge is -2.36. The smallest absolute Gasteiger partial charge is 0.184 e. The van der Waals surface area contributed by atoms with Gasteiger partial charge in [-0.05, 0) is 48.1 Å². The van der Waals surface area contributed by atoms with Crippen LogP contribution >= 0.6 is 12.2 Å². The average Bonchev–Trinajstić information content (AvgIpc) is 2.64. The number of rotatable bonds is 5. The minimum Gasteiger partial charge on any atom is -0.375 e. The van der Waals surface area contributed by atoms with Crippen molar-refractivity contribution in [3.63, 3.8) is 0 Å². The third kappa shape index (κ3) is 4.96. The van der Waals surface area contributed by atoms with Gasteiger partial charge in [0.25, 0.3) is 0 Å². The third-order valence-corrected chi connectivity index (χ3v) is 4.35. The van der Waals surface area contributed by atoms with E-state index in [1.165, 1.54) is 11.8 Å². The number of piperazine rings is 1. The van der Waals surface area contributed by atoms with Gasteiger partial charge in [-0.15, -0.1) is 0 Å². The molecule has 1 fully saturated rings. The van der Waals surface area contributed by atoms with Gasteiger partial charge in [-0.3, -0.25) is 15.3 Å². The number of pyridine rings is 1. The zero-order valence-corrected chi connectivity index (χ0v) is 15.1. The van der Waals surface area contributed by atoms with Crippen LogP contribution in [0.2, 0.25) is 0 Å².